The summed E-state index contributed by atoms with van der Waals surface area (Å²) < 4.78 is 1.81. The van der Waals surface area contributed by atoms with E-state index in [-0.39, 0.29) is 23.9 Å². The monoisotopic (exact) mass is 363 g/mol. The van der Waals surface area contributed by atoms with Crippen LogP contribution in [0.15, 0.2) is 6.20 Å². The molecule has 2 aliphatic carbocycles. The third kappa shape index (κ3) is 3.77. The minimum atomic E-state index is -0.766. The number of carbonyl (C=O) groups is 1. The highest BCUT2D eigenvalue weighted by atomic mass is 16.3. The summed E-state index contributed by atoms with van der Waals surface area (Å²) in [5, 5.41) is 32.8. The lowest BCUT2D eigenvalue weighted by Crippen LogP contribution is -2.50. The number of likely N-dealkylation sites (tertiary alicyclic amines) is 1. The number of amides is 1. The van der Waals surface area contributed by atoms with Gasteiger partial charge in [0.2, 0.25) is 5.91 Å². The molecule has 2 saturated carbocycles. The number of hydrogen-bond acceptors (Lipinski definition) is 6. The Kier molecular flexibility index (Phi) is 4.98. The molecule has 0 spiro atoms. The van der Waals surface area contributed by atoms with Crippen LogP contribution in [-0.4, -0.2) is 73.4 Å². The van der Waals surface area contributed by atoms with Crippen LogP contribution in [0.1, 0.15) is 50.6 Å². The smallest absolute Gasteiger partial charge is 0.219 e. The van der Waals surface area contributed by atoms with E-state index in [1.807, 2.05) is 15.8 Å². The highest BCUT2D eigenvalue weighted by molar-refractivity contribution is 5.73. The average Bonchev–Trinajstić information content (AvgIpc) is 3.33. The van der Waals surface area contributed by atoms with Crippen LogP contribution < -0.4 is 5.32 Å². The first-order valence-electron chi connectivity index (χ1n) is 9.79. The number of aliphatic hydroxyl groups excluding tert-OH is 2. The number of rotatable bonds is 5. The Balaban J connectivity index is 1.30. The molecule has 8 nitrogen and oxygen atoms in total. The molecule has 3 N–H and O–H groups in total. The largest absolute Gasteiger partial charge is 0.390 e. The fourth-order valence-corrected chi connectivity index (χ4v) is 4.34. The number of carbonyl (C=O) groups excluding carboxylic acids is 1. The molecule has 2 heterocycles. The normalized spacial score (nSPS) is 33.0. The minimum absolute atomic E-state index is 0.0337. The van der Waals surface area contributed by atoms with E-state index < -0.39 is 12.2 Å². The molecule has 26 heavy (non-hydrogen) atoms. The molecule has 1 aliphatic heterocycles. The summed E-state index contributed by atoms with van der Waals surface area (Å²) in [4.78, 5) is 13.3. The molecule has 0 bridgehead atoms. The van der Waals surface area contributed by atoms with Crippen molar-refractivity contribution >= 4 is 5.91 Å². The zero-order valence-corrected chi connectivity index (χ0v) is 15.3. The summed E-state index contributed by atoms with van der Waals surface area (Å²) in [6.45, 7) is 3.70. The lowest BCUT2D eigenvalue weighted by Gasteiger charge is -2.34. The van der Waals surface area contributed by atoms with Gasteiger partial charge in [0, 0.05) is 56.7 Å². The van der Waals surface area contributed by atoms with Crippen molar-refractivity contribution in [2.24, 2.45) is 5.92 Å². The third-order valence-corrected chi connectivity index (χ3v) is 6.17. The van der Waals surface area contributed by atoms with E-state index in [0.29, 0.717) is 18.9 Å². The molecule has 1 saturated heterocycles. The topological polar surface area (TPSA) is 104 Å². The molecule has 4 atom stereocenters. The van der Waals surface area contributed by atoms with Crippen molar-refractivity contribution < 1.29 is 15.0 Å². The fraction of sp³-hybridized carbons (Fsp3) is 0.833. The summed E-state index contributed by atoms with van der Waals surface area (Å²) >= 11 is 0. The van der Waals surface area contributed by atoms with Crippen LogP contribution in [0.5, 0.6) is 0 Å². The van der Waals surface area contributed by atoms with Gasteiger partial charge < -0.3 is 20.4 Å². The molecule has 0 radical (unpaired) electrons. The second kappa shape index (κ2) is 7.25. The maximum absolute atomic E-state index is 11.4. The Hall–Kier alpha value is -1.51. The van der Waals surface area contributed by atoms with Crippen LogP contribution in [0.25, 0.3) is 0 Å². The lowest BCUT2D eigenvalue weighted by atomic mass is 10.0. The molecular formula is C18H29N5O3. The van der Waals surface area contributed by atoms with Crippen molar-refractivity contribution in [3.8, 4) is 0 Å². The Morgan fingerprint density at radius 2 is 1.96 bits per heavy atom. The van der Waals surface area contributed by atoms with Gasteiger partial charge in [0.1, 0.15) is 0 Å². The van der Waals surface area contributed by atoms with Crippen molar-refractivity contribution in [3.63, 3.8) is 0 Å². The van der Waals surface area contributed by atoms with Gasteiger partial charge in [-0.1, -0.05) is 5.21 Å². The minimum Gasteiger partial charge on any atom is -0.390 e. The molecule has 8 heteroatoms. The third-order valence-electron chi connectivity index (χ3n) is 6.17. The fourth-order valence-electron chi connectivity index (χ4n) is 4.34. The molecule has 3 fully saturated rings. The maximum Gasteiger partial charge on any atom is 0.219 e. The van der Waals surface area contributed by atoms with E-state index in [1.54, 1.807) is 6.92 Å². The molecule has 3 aliphatic rings. The van der Waals surface area contributed by atoms with E-state index >= 15 is 0 Å². The quantitative estimate of drug-likeness (QED) is 0.673. The first kappa shape index (κ1) is 17.9. The Labute approximate surface area is 153 Å². The van der Waals surface area contributed by atoms with Crippen LogP contribution in [0, 0.1) is 5.92 Å². The predicted molar refractivity (Wildman–Crippen MR) is 94.3 cm³/mol. The van der Waals surface area contributed by atoms with E-state index in [1.165, 1.54) is 12.8 Å². The maximum atomic E-state index is 11.4. The molecule has 0 unspecified atom stereocenters. The van der Waals surface area contributed by atoms with Gasteiger partial charge in [0.05, 0.1) is 17.9 Å². The zero-order valence-electron chi connectivity index (χ0n) is 15.3. The average molecular weight is 363 g/mol. The Morgan fingerprint density at radius 3 is 2.62 bits per heavy atom. The lowest BCUT2D eigenvalue weighted by molar-refractivity contribution is -0.129. The number of hydrogen-bond donors (Lipinski definition) is 3. The Morgan fingerprint density at radius 1 is 1.23 bits per heavy atom. The summed E-state index contributed by atoms with van der Waals surface area (Å²) in [6.07, 6.45) is 5.34. The van der Waals surface area contributed by atoms with E-state index in [0.717, 1.165) is 31.6 Å². The molecule has 1 aromatic heterocycles. The highest BCUT2D eigenvalue weighted by Gasteiger charge is 2.42. The number of nitrogens with zero attached hydrogens (tertiary/aromatic N) is 4. The zero-order chi connectivity index (χ0) is 18.3. The van der Waals surface area contributed by atoms with Crippen molar-refractivity contribution in [3.05, 3.63) is 11.9 Å². The number of aliphatic hydroxyl groups is 2. The van der Waals surface area contributed by atoms with Crippen LogP contribution in [-0.2, 0) is 11.3 Å². The predicted octanol–water partition coefficient (Wildman–Crippen LogP) is -0.134. The van der Waals surface area contributed by atoms with Gasteiger partial charge in [0.25, 0.3) is 0 Å². The van der Waals surface area contributed by atoms with Gasteiger partial charge in [0.15, 0.2) is 0 Å². The molecule has 1 aromatic rings. The van der Waals surface area contributed by atoms with Crippen molar-refractivity contribution in [2.75, 3.05) is 13.1 Å². The first-order valence-corrected chi connectivity index (χ1v) is 9.79. The second-order valence-electron chi connectivity index (χ2n) is 8.17. The van der Waals surface area contributed by atoms with Crippen LogP contribution in [0.4, 0.5) is 0 Å². The SMILES string of the molecule is CC(=O)N1CCC(N[C@@H]2C[C@H](Cn3cc(C4CC4)nn3)[C@@H](O)[C@H]2O)CC1. The van der Waals surface area contributed by atoms with Gasteiger partial charge in [-0.25, -0.2) is 0 Å². The van der Waals surface area contributed by atoms with E-state index in [9.17, 15) is 15.0 Å². The summed E-state index contributed by atoms with van der Waals surface area (Å²) in [7, 11) is 0. The second-order valence-corrected chi connectivity index (χ2v) is 8.17. The van der Waals surface area contributed by atoms with Gasteiger partial charge in [-0.05, 0) is 32.1 Å². The van der Waals surface area contributed by atoms with Gasteiger partial charge in [-0.2, -0.15) is 0 Å². The Bertz CT molecular complexity index is 639. The van der Waals surface area contributed by atoms with Crippen LogP contribution >= 0.6 is 0 Å². The number of aromatic nitrogens is 3. The summed E-state index contributed by atoms with van der Waals surface area (Å²) in [6, 6.07) is 0.166. The summed E-state index contributed by atoms with van der Waals surface area (Å²) in [5.74, 6) is 0.657. The molecular weight excluding hydrogens is 334 g/mol. The van der Waals surface area contributed by atoms with E-state index in [4.69, 9.17) is 0 Å². The van der Waals surface area contributed by atoms with Crippen molar-refractivity contribution in [1.82, 2.24) is 25.2 Å². The van der Waals surface area contributed by atoms with Gasteiger partial charge in [-0.3, -0.25) is 9.48 Å². The highest BCUT2D eigenvalue weighted by Crippen LogP contribution is 2.38. The van der Waals surface area contributed by atoms with Gasteiger partial charge in [-0.15, -0.1) is 5.10 Å². The van der Waals surface area contributed by atoms with Crippen LogP contribution in [0.2, 0.25) is 0 Å². The number of piperidine rings is 1. The standard InChI is InChI=1S/C18H29N5O3/c1-11(24)22-6-4-14(5-7-22)19-15-8-13(17(25)18(15)26)9-23-10-16(20-21-23)12-2-3-12/h10,12-15,17-19,25-26H,2-9H2,1H3/t13-,15-,17-,18+/m1/s1. The molecule has 4 rings (SSSR count). The molecule has 1 amide bonds. The summed E-state index contributed by atoms with van der Waals surface area (Å²) in [5.41, 5.74) is 1.05. The van der Waals surface area contributed by atoms with Gasteiger partial charge >= 0.3 is 0 Å². The van der Waals surface area contributed by atoms with E-state index in [2.05, 4.69) is 15.6 Å². The molecule has 144 valence electrons. The molecule has 0 aromatic carbocycles. The first-order chi connectivity index (χ1) is 12.5. The van der Waals surface area contributed by atoms with Crippen molar-refractivity contribution in [1.29, 1.82) is 0 Å². The number of nitrogens with one attached hydrogen (secondary N) is 1. The van der Waals surface area contributed by atoms with Crippen LogP contribution in [0.3, 0.4) is 0 Å². The van der Waals surface area contributed by atoms with Crippen molar-refractivity contribution in [2.45, 2.75) is 75.8 Å².